The normalized spacial score (nSPS) is 37.5. The van der Waals surface area contributed by atoms with E-state index >= 15 is 0 Å². The van der Waals surface area contributed by atoms with Crippen LogP contribution < -0.4 is 0 Å². The van der Waals surface area contributed by atoms with Crippen molar-refractivity contribution in [2.45, 2.75) is 110 Å². The van der Waals surface area contributed by atoms with Gasteiger partial charge in [0.05, 0.1) is 7.47 Å². The van der Waals surface area contributed by atoms with Crippen LogP contribution >= 0.6 is 0 Å². The summed E-state index contributed by atoms with van der Waals surface area (Å²) in [7, 11) is 0. The van der Waals surface area contributed by atoms with Gasteiger partial charge in [-0.15, -0.1) is 0 Å². The number of piperidine rings is 1. The van der Waals surface area contributed by atoms with Gasteiger partial charge in [0.2, 0.25) is 0 Å². The molecule has 6 heteroatoms. The van der Waals surface area contributed by atoms with Crippen LogP contribution in [0, 0.1) is 5.92 Å². The third-order valence-electron chi connectivity index (χ3n) is 5.51. The molecule has 4 atom stereocenters. The Morgan fingerprint density at radius 2 is 1.54 bits per heavy atom. The molecule has 2 rings (SSSR count). The van der Waals surface area contributed by atoms with Gasteiger partial charge in [0.1, 0.15) is 12.2 Å². The molecule has 150 valence electrons. The van der Waals surface area contributed by atoms with E-state index in [1.165, 1.54) is 13.8 Å². The van der Waals surface area contributed by atoms with Crippen molar-refractivity contribution in [3.8, 4) is 0 Å². The van der Waals surface area contributed by atoms with Crippen LogP contribution in [0.15, 0.2) is 0 Å². The lowest BCUT2D eigenvalue weighted by atomic mass is 9.81. The van der Waals surface area contributed by atoms with E-state index in [-0.39, 0.29) is 23.6 Å². The second-order valence-corrected chi connectivity index (χ2v) is 8.94. The monoisotopic (exact) mass is 370 g/mol. The van der Waals surface area contributed by atoms with Crippen LogP contribution in [0.5, 0.6) is 0 Å². The van der Waals surface area contributed by atoms with Crippen LogP contribution in [0.3, 0.4) is 0 Å². The number of rotatable bonds is 4. The lowest BCUT2D eigenvalue weighted by Crippen LogP contribution is -2.60. The van der Waals surface area contributed by atoms with Gasteiger partial charge in [-0.25, -0.2) is 0 Å². The fraction of sp³-hybridized carbons (Fsp3) is 0.900. The molecule has 1 saturated heterocycles. The number of esters is 2. The first-order valence-electron chi connectivity index (χ1n) is 10.1. The van der Waals surface area contributed by atoms with Crippen molar-refractivity contribution in [1.29, 1.82) is 0 Å². The highest BCUT2D eigenvalue weighted by Crippen LogP contribution is 2.41. The topological polar surface area (TPSA) is 65.1 Å². The number of carbonyl (C=O) groups excluding carboxylic acids is 2. The van der Waals surface area contributed by atoms with Crippen LogP contribution in [0.4, 0.5) is 0 Å². The van der Waals surface area contributed by atoms with Gasteiger partial charge in [-0.1, -0.05) is 6.92 Å². The molecule has 2 aliphatic rings. The highest BCUT2D eigenvalue weighted by Gasteiger charge is 2.46. The van der Waals surface area contributed by atoms with Gasteiger partial charge in [-0.05, 0) is 47.0 Å². The average Bonchev–Trinajstić information content (AvgIpc) is 2.46. The molecule has 6 nitrogen and oxygen atoms in total. The van der Waals surface area contributed by atoms with E-state index in [1.807, 2.05) is 5.06 Å². The zero-order valence-electron chi connectivity index (χ0n) is 18.3. The summed E-state index contributed by atoms with van der Waals surface area (Å²) in [5.41, 5.74) is -0.290. The Labute approximate surface area is 158 Å². The van der Waals surface area contributed by atoms with Crippen molar-refractivity contribution in [1.82, 2.24) is 5.06 Å². The Hall–Kier alpha value is -1.14. The molecule has 1 saturated carbocycles. The number of hydrogen-bond donors (Lipinski definition) is 0. The van der Waals surface area contributed by atoms with E-state index in [0.717, 1.165) is 19.3 Å². The number of ether oxygens (including phenoxy) is 2. The highest BCUT2D eigenvalue weighted by molar-refractivity contribution is 5.66. The minimum atomic E-state index is -1.49. The molecule has 0 N–H and O–H groups in total. The first-order valence-corrected chi connectivity index (χ1v) is 9.61. The Bertz CT molecular complexity index is 563. The van der Waals surface area contributed by atoms with Crippen molar-refractivity contribution in [2.75, 3.05) is 0 Å². The second-order valence-electron chi connectivity index (χ2n) is 8.94. The molecule has 0 unspecified atom stereocenters. The van der Waals surface area contributed by atoms with E-state index in [1.54, 1.807) is 6.92 Å². The second kappa shape index (κ2) is 7.85. The summed E-state index contributed by atoms with van der Waals surface area (Å²) in [6.07, 6.45) is 1.49. The quantitative estimate of drug-likeness (QED) is 0.704. The van der Waals surface area contributed by atoms with E-state index in [4.69, 9.17) is 15.7 Å². The summed E-state index contributed by atoms with van der Waals surface area (Å²) >= 11 is 0. The third-order valence-corrected chi connectivity index (χ3v) is 5.51. The number of hydrogen-bond acceptors (Lipinski definition) is 6. The molecular weight excluding hydrogens is 334 g/mol. The Kier molecular flexibility index (Phi) is 5.92. The molecule has 0 spiro atoms. The average molecular weight is 371 g/mol. The van der Waals surface area contributed by atoms with Crippen molar-refractivity contribution in [3.63, 3.8) is 0 Å². The van der Waals surface area contributed by atoms with Crippen molar-refractivity contribution in [3.05, 3.63) is 0 Å². The molecule has 2 fully saturated rings. The van der Waals surface area contributed by atoms with Gasteiger partial charge in [0.15, 0.2) is 0 Å². The predicted octanol–water partition coefficient (Wildman–Crippen LogP) is 3.62. The standard InChI is InChI=1S/C20H35NO5/c1-13-17(24-14(2)22)11-16(12-18(13)25-15(3)23)26-21-19(4,5)9-8-10-20(21,6)7/h13,16-18H,8-12H2,1-7H3/t13-,16-,17-,18-/m0/s1/i17D/t13-,16-,17+,18+/m1. The van der Waals surface area contributed by atoms with E-state index < -0.39 is 30.0 Å². The van der Waals surface area contributed by atoms with Gasteiger partial charge in [0.25, 0.3) is 0 Å². The SMILES string of the molecule is [2H][C@]1(OC(C)=O)C[C@@H](ON2C(C)(C)CCCC2(C)C)C[C@H](OC(C)=O)[C@@H]1C. The predicted molar refractivity (Wildman–Crippen MR) is 98.2 cm³/mol. The van der Waals surface area contributed by atoms with Gasteiger partial charge in [0, 0.05) is 43.7 Å². The first kappa shape index (κ1) is 19.6. The zero-order valence-corrected chi connectivity index (χ0v) is 17.3. The largest absolute Gasteiger partial charge is 0.462 e. The molecule has 1 heterocycles. The fourth-order valence-corrected chi connectivity index (χ4v) is 4.34. The Morgan fingerprint density at radius 1 is 1.00 bits per heavy atom. The van der Waals surface area contributed by atoms with E-state index in [9.17, 15) is 9.59 Å². The molecule has 0 bridgehead atoms. The molecule has 0 aromatic heterocycles. The number of carbonyl (C=O) groups is 2. The minimum Gasteiger partial charge on any atom is -0.462 e. The first-order chi connectivity index (χ1) is 12.3. The smallest absolute Gasteiger partial charge is 0.302 e. The van der Waals surface area contributed by atoms with Crippen LogP contribution in [0.2, 0.25) is 0 Å². The molecule has 0 radical (unpaired) electrons. The number of nitrogens with zero attached hydrogens (tertiary/aromatic N) is 1. The van der Waals surface area contributed by atoms with Gasteiger partial charge in [-0.3, -0.25) is 14.4 Å². The Morgan fingerprint density at radius 3 is 2.04 bits per heavy atom. The molecule has 1 aliphatic carbocycles. The van der Waals surface area contributed by atoms with Crippen LogP contribution in [-0.4, -0.2) is 46.4 Å². The Balaban J connectivity index is 2.26. The molecule has 1 aliphatic heterocycles. The maximum Gasteiger partial charge on any atom is 0.302 e. The summed E-state index contributed by atoms with van der Waals surface area (Å²) in [5.74, 6) is -1.36. The summed E-state index contributed by atoms with van der Waals surface area (Å²) in [6.45, 7) is 13.1. The highest BCUT2D eigenvalue weighted by atomic mass is 16.7. The molecule has 26 heavy (non-hydrogen) atoms. The van der Waals surface area contributed by atoms with Gasteiger partial charge >= 0.3 is 11.9 Å². The summed E-state index contributed by atoms with van der Waals surface area (Å²) in [5, 5.41) is 2.04. The number of hydroxylamine groups is 2. The van der Waals surface area contributed by atoms with Crippen molar-refractivity contribution in [2.24, 2.45) is 5.92 Å². The van der Waals surface area contributed by atoms with Gasteiger partial charge < -0.3 is 9.47 Å². The minimum absolute atomic E-state index is 0.145. The molecule has 0 aromatic carbocycles. The van der Waals surface area contributed by atoms with Crippen LogP contribution in [0.25, 0.3) is 0 Å². The molecule has 0 amide bonds. The van der Waals surface area contributed by atoms with E-state index in [0.29, 0.717) is 6.42 Å². The summed E-state index contributed by atoms with van der Waals surface area (Å²) in [6, 6.07) is 0. The fourth-order valence-electron chi connectivity index (χ4n) is 4.34. The molecular formula is C20H35NO5. The summed E-state index contributed by atoms with van der Waals surface area (Å²) < 4.78 is 19.6. The van der Waals surface area contributed by atoms with Crippen molar-refractivity contribution < 1.29 is 25.3 Å². The van der Waals surface area contributed by atoms with E-state index in [2.05, 4.69) is 27.7 Å². The van der Waals surface area contributed by atoms with Crippen molar-refractivity contribution >= 4 is 11.9 Å². The maximum atomic E-state index is 11.6. The van der Waals surface area contributed by atoms with Crippen LogP contribution in [0.1, 0.15) is 81.9 Å². The lowest BCUT2D eigenvalue weighted by molar-refractivity contribution is -0.317. The van der Waals surface area contributed by atoms with Crippen LogP contribution in [-0.2, 0) is 23.9 Å². The van der Waals surface area contributed by atoms with Gasteiger partial charge in [-0.2, -0.15) is 5.06 Å². The summed E-state index contributed by atoms with van der Waals surface area (Å²) in [4.78, 5) is 29.6. The zero-order chi connectivity index (χ0) is 20.6. The third kappa shape index (κ3) is 4.97. The lowest BCUT2D eigenvalue weighted by Gasteiger charge is -2.53. The maximum absolute atomic E-state index is 11.6. The molecule has 0 aromatic rings.